The maximum absolute atomic E-state index is 13.1. The van der Waals surface area contributed by atoms with Gasteiger partial charge in [-0.25, -0.2) is 4.39 Å². The molecule has 2 aromatic rings. The normalized spacial score (nSPS) is 17.6. The van der Waals surface area contributed by atoms with Crippen LogP contribution in [0.2, 0.25) is 0 Å². The van der Waals surface area contributed by atoms with Crippen molar-refractivity contribution >= 4 is 11.6 Å². The van der Waals surface area contributed by atoms with Gasteiger partial charge in [0, 0.05) is 18.8 Å². The summed E-state index contributed by atoms with van der Waals surface area (Å²) in [5, 5.41) is 3.92. The number of aromatic nitrogens is 2. The minimum Gasteiger partial charge on any atom is -0.293 e. The number of nitrogens with zero attached hydrogens (tertiary/aromatic N) is 2. The van der Waals surface area contributed by atoms with Crippen LogP contribution in [-0.2, 0) is 13.5 Å². The van der Waals surface area contributed by atoms with E-state index in [4.69, 9.17) is 0 Å². The van der Waals surface area contributed by atoms with Crippen molar-refractivity contribution in [3.8, 4) is 0 Å². The molecule has 0 saturated carbocycles. The second kappa shape index (κ2) is 4.12. The Morgan fingerprint density at radius 3 is 2.95 bits per heavy atom. The molecule has 1 atom stereocenters. The standard InChI is InChI=1S/C14H11FN2O2/c1-17-7-9(6-16-17)13(18)12-5-8-4-10(15)2-3-11(8)14(12)19/h2-4,6-7,12H,5H2,1H3. The third-order valence-electron chi connectivity index (χ3n) is 3.38. The largest absolute Gasteiger partial charge is 0.293 e. The highest BCUT2D eigenvalue weighted by Gasteiger charge is 2.36. The molecule has 0 aliphatic heterocycles. The lowest BCUT2D eigenvalue weighted by Crippen LogP contribution is -2.20. The summed E-state index contributed by atoms with van der Waals surface area (Å²) in [6.45, 7) is 0. The fourth-order valence-electron chi connectivity index (χ4n) is 2.43. The number of halogens is 1. The van der Waals surface area contributed by atoms with Crippen molar-refractivity contribution < 1.29 is 14.0 Å². The first-order valence-electron chi connectivity index (χ1n) is 5.92. The molecule has 0 bridgehead atoms. The Labute approximate surface area is 108 Å². The molecular weight excluding hydrogens is 247 g/mol. The fourth-order valence-corrected chi connectivity index (χ4v) is 2.43. The van der Waals surface area contributed by atoms with Crippen LogP contribution >= 0.6 is 0 Å². The molecule has 96 valence electrons. The fraction of sp³-hybridized carbons (Fsp3) is 0.214. The average Bonchev–Trinajstić information content (AvgIpc) is 2.93. The van der Waals surface area contributed by atoms with Gasteiger partial charge in [-0.1, -0.05) is 0 Å². The summed E-state index contributed by atoms with van der Waals surface area (Å²) in [7, 11) is 1.71. The summed E-state index contributed by atoms with van der Waals surface area (Å²) in [5.74, 6) is -1.62. The lowest BCUT2D eigenvalue weighted by atomic mass is 9.96. The number of aryl methyl sites for hydroxylation is 1. The van der Waals surface area contributed by atoms with Gasteiger partial charge in [0.25, 0.3) is 0 Å². The zero-order chi connectivity index (χ0) is 13.6. The number of carbonyl (C=O) groups excluding carboxylic acids is 2. The van der Waals surface area contributed by atoms with E-state index in [9.17, 15) is 14.0 Å². The van der Waals surface area contributed by atoms with Gasteiger partial charge in [0.2, 0.25) is 0 Å². The van der Waals surface area contributed by atoms with E-state index >= 15 is 0 Å². The molecular formula is C14H11FN2O2. The van der Waals surface area contributed by atoms with Crippen molar-refractivity contribution in [2.45, 2.75) is 6.42 Å². The molecule has 0 fully saturated rings. The molecule has 1 aromatic carbocycles. The van der Waals surface area contributed by atoms with Gasteiger partial charge in [-0.15, -0.1) is 0 Å². The number of benzene rings is 1. The Kier molecular flexibility index (Phi) is 2.55. The molecule has 4 nitrogen and oxygen atoms in total. The predicted octanol–water partition coefficient (Wildman–Crippen LogP) is 1.80. The molecule has 3 rings (SSSR count). The molecule has 0 amide bonds. The van der Waals surface area contributed by atoms with Crippen LogP contribution in [-0.4, -0.2) is 21.3 Å². The predicted molar refractivity (Wildman–Crippen MR) is 65.5 cm³/mol. The molecule has 0 saturated heterocycles. The van der Waals surface area contributed by atoms with E-state index in [0.29, 0.717) is 16.7 Å². The zero-order valence-electron chi connectivity index (χ0n) is 10.3. The first-order chi connectivity index (χ1) is 9.06. The van der Waals surface area contributed by atoms with Gasteiger partial charge < -0.3 is 0 Å². The monoisotopic (exact) mass is 258 g/mol. The second-order valence-corrected chi connectivity index (χ2v) is 4.69. The number of hydrogen-bond acceptors (Lipinski definition) is 3. The van der Waals surface area contributed by atoms with Gasteiger partial charge in [-0.2, -0.15) is 5.10 Å². The van der Waals surface area contributed by atoms with E-state index in [1.807, 2.05) is 0 Å². The summed E-state index contributed by atoms with van der Waals surface area (Å²) in [4.78, 5) is 24.4. The summed E-state index contributed by atoms with van der Waals surface area (Å²) in [5.41, 5.74) is 1.46. The van der Waals surface area contributed by atoms with Crippen LogP contribution in [0.1, 0.15) is 26.3 Å². The van der Waals surface area contributed by atoms with E-state index in [2.05, 4.69) is 5.10 Å². The highest BCUT2D eigenvalue weighted by atomic mass is 19.1. The van der Waals surface area contributed by atoms with Crippen LogP contribution in [0.5, 0.6) is 0 Å². The topological polar surface area (TPSA) is 52.0 Å². The van der Waals surface area contributed by atoms with Gasteiger partial charge in [-0.3, -0.25) is 14.3 Å². The first kappa shape index (κ1) is 11.8. The maximum atomic E-state index is 13.1. The third kappa shape index (κ3) is 1.87. The lowest BCUT2D eigenvalue weighted by Gasteiger charge is -2.03. The number of fused-ring (bicyclic) bond motifs is 1. The first-order valence-corrected chi connectivity index (χ1v) is 5.92. The maximum Gasteiger partial charge on any atom is 0.177 e. The molecule has 1 aromatic heterocycles. The van der Waals surface area contributed by atoms with E-state index < -0.39 is 5.92 Å². The Hall–Kier alpha value is -2.30. The number of carbonyl (C=O) groups is 2. The highest BCUT2D eigenvalue weighted by Crippen LogP contribution is 2.29. The summed E-state index contributed by atoms with van der Waals surface area (Å²) in [6, 6.07) is 4.01. The zero-order valence-corrected chi connectivity index (χ0v) is 10.3. The van der Waals surface area contributed by atoms with Crippen LogP contribution in [0, 0.1) is 11.7 Å². The molecule has 0 N–H and O–H groups in total. The highest BCUT2D eigenvalue weighted by molar-refractivity contribution is 6.18. The van der Waals surface area contributed by atoms with E-state index in [-0.39, 0.29) is 23.8 Å². The second-order valence-electron chi connectivity index (χ2n) is 4.69. The molecule has 5 heteroatoms. The molecule has 1 unspecified atom stereocenters. The van der Waals surface area contributed by atoms with Crippen molar-refractivity contribution in [3.63, 3.8) is 0 Å². The number of hydrogen-bond donors (Lipinski definition) is 0. The Morgan fingerprint density at radius 2 is 2.26 bits per heavy atom. The van der Waals surface area contributed by atoms with Crippen LogP contribution in [0.4, 0.5) is 4.39 Å². The molecule has 1 aliphatic rings. The van der Waals surface area contributed by atoms with Crippen molar-refractivity contribution in [1.29, 1.82) is 0 Å². The van der Waals surface area contributed by atoms with Crippen molar-refractivity contribution in [3.05, 3.63) is 53.1 Å². The van der Waals surface area contributed by atoms with Gasteiger partial charge in [-0.05, 0) is 30.2 Å². The van der Waals surface area contributed by atoms with Crippen LogP contribution in [0.15, 0.2) is 30.6 Å². The number of ketones is 2. The van der Waals surface area contributed by atoms with Gasteiger partial charge >= 0.3 is 0 Å². The molecule has 1 aliphatic carbocycles. The Morgan fingerprint density at radius 1 is 1.47 bits per heavy atom. The van der Waals surface area contributed by atoms with E-state index in [0.717, 1.165) is 0 Å². The number of rotatable bonds is 2. The molecule has 0 spiro atoms. The SMILES string of the molecule is Cn1cc(C(=O)C2Cc3cc(F)ccc3C2=O)cn1. The third-order valence-corrected chi connectivity index (χ3v) is 3.38. The van der Waals surface area contributed by atoms with Gasteiger partial charge in [0.05, 0.1) is 17.7 Å². The molecule has 19 heavy (non-hydrogen) atoms. The quantitative estimate of drug-likeness (QED) is 0.609. The van der Waals surface area contributed by atoms with Crippen molar-refractivity contribution in [2.24, 2.45) is 13.0 Å². The van der Waals surface area contributed by atoms with Crippen molar-refractivity contribution in [1.82, 2.24) is 9.78 Å². The summed E-state index contributed by atoms with van der Waals surface area (Å²) in [6.07, 6.45) is 3.29. The summed E-state index contributed by atoms with van der Waals surface area (Å²) >= 11 is 0. The molecule has 1 heterocycles. The van der Waals surface area contributed by atoms with Crippen LogP contribution < -0.4 is 0 Å². The van der Waals surface area contributed by atoms with Crippen molar-refractivity contribution in [2.75, 3.05) is 0 Å². The minimum atomic E-state index is -0.749. The Bertz CT molecular complexity index is 691. The van der Waals surface area contributed by atoms with E-state index in [1.54, 1.807) is 13.2 Å². The van der Waals surface area contributed by atoms with Gasteiger partial charge in [0.15, 0.2) is 11.6 Å². The Balaban J connectivity index is 1.93. The van der Waals surface area contributed by atoms with Crippen LogP contribution in [0.25, 0.3) is 0 Å². The molecule has 0 radical (unpaired) electrons. The van der Waals surface area contributed by atoms with E-state index in [1.165, 1.54) is 29.1 Å². The summed E-state index contributed by atoms with van der Waals surface area (Å²) < 4.78 is 14.6. The van der Waals surface area contributed by atoms with Crippen LogP contribution in [0.3, 0.4) is 0 Å². The lowest BCUT2D eigenvalue weighted by molar-refractivity contribution is 0.0822. The number of Topliss-reactive ketones (excluding diaryl/α,β-unsaturated/α-hetero) is 2. The average molecular weight is 258 g/mol. The van der Waals surface area contributed by atoms with Gasteiger partial charge in [0.1, 0.15) is 5.82 Å². The smallest absolute Gasteiger partial charge is 0.177 e. The minimum absolute atomic E-state index is 0.233.